The van der Waals surface area contributed by atoms with Crippen LogP contribution in [0.2, 0.25) is 0 Å². The highest BCUT2D eigenvalue weighted by atomic mass is 15.3. The van der Waals surface area contributed by atoms with Crippen LogP contribution in [-0.2, 0) is 0 Å². The molecule has 0 saturated heterocycles. The summed E-state index contributed by atoms with van der Waals surface area (Å²) in [5.74, 6) is 0.463. The van der Waals surface area contributed by atoms with Crippen LogP contribution in [0.3, 0.4) is 0 Å². The van der Waals surface area contributed by atoms with Gasteiger partial charge in [-0.2, -0.15) is 0 Å². The molecule has 1 aromatic rings. The van der Waals surface area contributed by atoms with Gasteiger partial charge >= 0.3 is 0 Å². The molecule has 0 aliphatic heterocycles. The van der Waals surface area contributed by atoms with E-state index in [0.717, 1.165) is 0 Å². The van der Waals surface area contributed by atoms with Crippen molar-refractivity contribution < 1.29 is 0 Å². The molecule has 0 atom stereocenters. The van der Waals surface area contributed by atoms with Gasteiger partial charge in [-0.25, -0.2) is 4.99 Å². The van der Waals surface area contributed by atoms with Crippen molar-refractivity contribution in [2.75, 3.05) is 0 Å². The number of nitrogens with zero attached hydrogens (tertiary/aromatic N) is 4. The molecule has 74 valence electrons. The Morgan fingerprint density at radius 1 is 1.38 bits per heavy atom. The summed E-state index contributed by atoms with van der Waals surface area (Å²) in [6.07, 6.45) is 3.07. The lowest BCUT2D eigenvalue weighted by molar-refractivity contribution is 1.08. The number of aromatic nitrogens is 3. The second-order valence-electron chi connectivity index (χ2n) is 1.38. The third kappa shape index (κ3) is 4.90. The van der Waals surface area contributed by atoms with Crippen molar-refractivity contribution in [1.29, 1.82) is 0 Å². The molecule has 0 aliphatic rings. The van der Waals surface area contributed by atoms with Gasteiger partial charge in [-0.15, -0.1) is 10.2 Å². The summed E-state index contributed by atoms with van der Waals surface area (Å²) in [6.45, 7) is 14.8. The highest BCUT2D eigenvalue weighted by molar-refractivity contribution is 5.38. The first-order valence-corrected chi connectivity index (χ1v) is 4.37. The zero-order valence-corrected chi connectivity index (χ0v) is 8.86. The molecule has 0 aliphatic carbocycles. The van der Waals surface area contributed by atoms with Crippen molar-refractivity contribution in [3.05, 3.63) is 12.9 Å². The third-order valence-electron chi connectivity index (χ3n) is 0.892. The minimum absolute atomic E-state index is 0.463. The van der Waals surface area contributed by atoms with Gasteiger partial charge in [0.05, 0.1) is 0 Å². The molecule has 0 fully saturated rings. The monoisotopic (exact) mass is 182 g/mol. The van der Waals surface area contributed by atoms with Crippen LogP contribution in [-0.4, -0.2) is 21.5 Å². The Labute approximate surface area is 80.0 Å². The molecule has 1 aromatic heterocycles. The Hall–Kier alpha value is -1.45. The largest absolute Gasteiger partial charge is 0.274 e. The van der Waals surface area contributed by atoms with Gasteiger partial charge < -0.3 is 0 Å². The van der Waals surface area contributed by atoms with Gasteiger partial charge in [0, 0.05) is 6.20 Å². The summed E-state index contributed by atoms with van der Waals surface area (Å²) in [4.78, 5) is 3.57. The fraction of sp³-hybridized carbons (Fsp3) is 0.444. The van der Waals surface area contributed by atoms with Gasteiger partial charge in [0.2, 0.25) is 0 Å². The maximum atomic E-state index is 3.62. The van der Waals surface area contributed by atoms with E-state index in [1.54, 1.807) is 10.8 Å². The van der Waals surface area contributed by atoms with Crippen molar-refractivity contribution >= 4 is 18.9 Å². The maximum absolute atomic E-state index is 3.62. The molecule has 0 N–H and O–H groups in total. The molecule has 0 spiro atoms. The van der Waals surface area contributed by atoms with Crippen molar-refractivity contribution in [3.63, 3.8) is 0 Å². The smallest absolute Gasteiger partial charge is 0.254 e. The van der Waals surface area contributed by atoms with Crippen LogP contribution in [0.15, 0.2) is 17.9 Å². The van der Waals surface area contributed by atoms with Crippen molar-refractivity contribution in [3.8, 4) is 0 Å². The molecular formula is C9H18N4. The van der Waals surface area contributed by atoms with Gasteiger partial charge in [0.15, 0.2) is 0 Å². The van der Waals surface area contributed by atoms with Crippen molar-refractivity contribution in [2.24, 2.45) is 4.99 Å². The topological polar surface area (TPSA) is 43.1 Å². The van der Waals surface area contributed by atoms with Crippen LogP contribution in [0.1, 0.15) is 27.7 Å². The Morgan fingerprint density at radius 3 is 2.23 bits per heavy atom. The van der Waals surface area contributed by atoms with Crippen LogP contribution in [0.5, 0.6) is 0 Å². The predicted molar refractivity (Wildman–Crippen MR) is 58.3 cm³/mol. The van der Waals surface area contributed by atoms with E-state index in [4.69, 9.17) is 0 Å². The first kappa shape index (κ1) is 14.1. The van der Waals surface area contributed by atoms with E-state index in [-0.39, 0.29) is 0 Å². The lowest BCUT2D eigenvalue weighted by Gasteiger charge is -1.88. The molecule has 4 nitrogen and oxygen atoms in total. The van der Waals surface area contributed by atoms with E-state index in [1.165, 1.54) is 6.33 Å². The van der Waals surface area contributed by atoms with Gasteiger partial charge in [-0.3, -0.25) is 4.57 Å². The molecule has 0 bridgehead atoms. The Balaban J connectivity index is 0. The predicted octanol–water partition coefficient (Wildman–Crippen LogP) is 2.76. The molecule has 4 heteroatoms. The molecular weight excluding hydrogens is 164 g/mol. The summed E-state index contributed by atoms with van der Waals surface area (Å²) >= 11 is 0. The van der Waals surface area contributed by atoms with Gasteiger partial charge in [0.25, 0.3) is 5.95 Å². The van der Waals surface area contributed by atoms with Crippen LogP contribution in [0.25, 0.3) is 6.20 Å². The van der Waals surface area contributed by atoms with E-state index in [0.29, 0.717) is 5.95 Å². The van der Waals surface area contributed by atoms with Crippen molar-refractivity contribution in [2.45, 2.75) is 27.7 Å². The number of rotatable bonds is 2. The number of hydrogen-bond donors (Lipinski definition) is 0. The molecule has 13 heavy (non-hydrogen) atoms. The van der Waals surface area contributed by atoms with Gasteiger partial charge in [-0.1, -0.05) is 34.3 Å². The van der Waals surface area contributed by atoms with Gasteiger partial charge in [-0.05, 0) is 6.72 Å². The second kappa shape index (κ2) is 10.6. The zero-order chi connectivity index (χ0) is 10.7. The van der Waals surface area contributed by atoms with Crippen LogP contribution in [0, 0.1) is 0 Å². The average Bonchev–Trinajstić information content (AvgIpc) is 2.70. The Bertz CT molecular complexity index is 205. The zero-order valence-electron chi connectivity index (χ0n) is 8.86. The normalized spacial score (nSPS) is 7.08. The first-order valence-electron chi connectivity index (χ1n) is 4.37. The summed E-state index contributed by atoms with van der Waals surface area (Å²) in [5, 5.41) is 7.19. The van der Waals surface area contributed by atoms with Crippen LogP contribution < -0.4 is 0 Å². The van der Waals surface area contributed by atoms with Crippen LogP contribution in [0.4, 0.5) is 5.95 Å². The average molecular weight is 182 g/mol. The molecule has 0 amide bonds. The lowest BCUT2D eigenvalue weighted by atomic mass is 10.9. The van der Waals surface area contributed by atoms with E-state index < -0.39 is 0 Å². The standard InChI is InChI=1S/C5H6N4.2C2H6/c1-3-9-4-7-8-5(9)6-2;2*1-2/h3-4H,1-2H2;2*1-2H3. The highest BCUT2D eigenvalue weighted by Gasteiger charge is 1.93. The summed E-state index contributed by atoms with van der Waals surface area (Å²) in [7, 11) is 0. The van der Waals surface area contributed by atoms with E-state index in [2.05, 4.69) is 28.5 Å². The first-order chi connectivity index (χ1) is 6.38. The van der Waals surface area contributed by atoms with E-state index >= 15 is 0 Å². The molecule has 0 saturated carbocycles. The summed E-state index contributed by atoms with van der Waals surface area (Å²) in [5.41, 5.74) is 0. The number of hydrogen-bond acceptors (Lipinski definition) is 3. The minimum atomic E-state index is 0.463. The Kier molecular flexibility index (Phi) is 11.4. The molecule has 1 rings (SSSR count). The fourth-order valence-electron chi connectivity index (χ4n) is 0.478. The third-order valence-corrected chi connectivity index (χ3v) is 0.892. The maximum Gasteiger partial charge on any atom is 0.254 e. The van der Waals surface area contributed by atoms with E-state index in [9.17, 15) is 0 Å². The number of aliphatic imine (C=N–C) groups is 1. The molecule has 0 radical (unpaired) electrons. The second-order valence-corrected chi connectivity index (χ2v) is 1.38. The molecule has 0 unspecified atom stereocenters. The lowest BCUT2D eigenvalue weighted by Crippen LogP contribution is -1.79. The summed E-state index contributed by atoms with van der Waals surface area (Å²) < 4.78 is 1.58. The SMILES string of the molecule is C=Cn1cnnc1N=C.CC.CC. The summed E-state index contributed by atoms with van der Waals surface area (Å²) in [6, 6.07) is 0. The van der Waals surface area contributed by atoms with E-state index in [1.807, 2.05) is 27.7 Å². The minimum Gasteiger partial charge on any atom is -0.274 e. The van der Waals surface area contributed by atoms with Crippen LogP contribution >= 0.6 is 0 Å². The molecule has 1 heterocycles. The van der Waals surface area contributed by atoms with Gasteiger partial charge in [0.1, 0.15) is 6.33 Å². The molecule has 0 aromatic carbocycles. The Morgan fingerprint density at radius 2 is 1.92 bits per heavy atom. The fourth-order valence-corrected chi connectivity index (χ4v) is 0.478. The quantitative estimate of drug-likeness (QED) is 0.660. The van der Waals surface area contributed by atoms with Crippen molar-refractivity contribution in [1.82, 2.24) is 14.8 Å². The highest BCUT2D eigenvalue weighted by Crippen LogP contribution is 2.03.